The Hall–Kier alpha value is -2.48. The molecule has 3 aromatic rings. The van der Waals surface area contributed by atoms with Crippen LogP contribution in [0.25, 0.3) is 21.9 Å². The minimum absolute atomic E-state index is 0.262. The van der Waals surface area contributed by atoms with E-state index < -0.39 is 0 Å². The SMILES string of the molecule is Nc1c(-c2ccc(O)cc2)ccc2ccccc12. The summed E-state index contributed by atoms with van der Waals surface area (Å²) in [5.41, 5.74) is 9.01. The van der Waals surface area contributed by atoms with Crippen LogP contribution in [0.2, 0.25) is 0 Å². The Balaban J connectivity index is 2.24. The molecule has 0 amide bonds. The van der Waals surface area contributed by atoms with Crippen LogP contribution in [0.5, 0.6) is 5.75 Å². The van der Waals surface area contributed by atoms with Crippen LogP contribution in [0.15, 0.2) is 60.7 Å². The fourth-order valence-corrected chi connectivity index (χ4v) is 2.19. The highest BCUT2D eigenvalue weighted by atomic mass is 16.3. The van der Waals surface area contributed by atoms with Crippen LogP contribution in [-0.4, -0.2) is 5.11 Å². The predicted molar refractivity (Wildman–Crippen MR) is 75.5 cm³/mol. The number of anilines is 1. The van der Waals surface area contributed by atoms with Gasteiger partial charge in [0.2, 0.25) is 0 Å². The van der Waals surface area contributed by atoms with Crippen LogP contribution >= 0.6 is 0 Å². The molecule has 0 unspecified atom stereocenters. The van der Waals surface area contributed by atoms with Crippen LogP contribution < -0.4 is 5.73 Å². The molecule has 0 saturated carbocycles. The monoisotopic (exact) mass is 235 g/mol. The van der Waals surface area contributed by atoms with E-state index >= 15 is 0 Å². The maximum atomic E-state index is 9.31. The van der Waals surface area contributed by atoms with E-state index in [0.717, 1.165) is 27.6 Å². The highest BCUT2D eigenvalue weighted by Gasteiger charge is 2.06. The molecule has 0 bridgehead atoms. The van der Waals surface area contributed by atoms with Crippen molar-refractivity contribution in [3.05, 3.63) is 60.7 Å². The predicted octanol–water partition coefficient (Wildman–Crippen LogP) is 3.79. The molecule has 3 rings (SSSR count). The number of phenols is 1. The Labute approximate surface area is 105 Å². The lowest BCUT2D eigenvalue weighted by atomic mass is 9.99. The lowest BCUT2D eigenvalue weighted by Crippen LogP contribution is -1.91. The Morgan fingerprint density at radius 3 is 2.28 bits per heavy atom. The number of nitrogens with two attached hydrogens (primary N) is 1. The molecule has 0 saturated heterocycles. The van der Waals surface area contributed by atoms with Gasteiger partial charge in [-0.1, -0.05) is 48.5 Å². The van der Waals surface area contributed by atoms with Crippen molar-refractivity contribution >= 4 is 16.5 Å². The molecule has 0 heterocycles. The van der Waals surface area contributed by atoms with Gasteiger partial charge in [-0.05, 0) is 23.1 Å². The van der Waals surface area contributed by atoms with E-state index in [1.807, 2.05) is 42.5 Å². The number of phenolic OH excluding ortho intramolecular Hbond substituents is 1. The maximum Gasteiger partial charge on any atom is 0.115 e. The number of rotatable bonds is 1. The lowest BCUT2D eigenvalue weighted by Gasteiger charge is -2.09. The van der Waals surface area contributed by atoms with Gasteiger partial charge >= 0.3 is 0 Å². The molecular weight excluding hydrogens is 222 g/mol. The number of fused-ring (bicyclic) bond motifs is 1. The minimum atomic E-state index is 0.262. The maximum absolute atomic E-state index is 9.31. The first-order valence-corrected chi connectivity index (χ1v) is 5.82. The van der Waals surface area contributed by atoms with Crippen molar-refractivity contribution in [2.75, 3.05) is 5.73 Å². The molecule has 3 N–H and O–H groups in total. The summed E-state index contributed by atoms with van der Waals surface area (Å²) in [4.78, 5) is 0. The van der Waals surface area contributed by atoms with Crippen molar-refractivity contribution in [3.8, 4) is 16.9 Å². The lowest BCUT2D eigenvalue weighted by molar-refractivity contribution is 0.475. The molecule has 0 aliphatic carbocycles. The molecule has 2 nitrogen and oxygen atoms in total. The quantitative estimate of drug-likeness (QED) is 0.630. The van der Waals surface area contributed by atoms with Crippen molar-refractivity contribution in [1.82, 2.24) is 0 Å². The zero-order valence-corrected chi connectivity index (χ0v) is 9.80. The Kier molecular flexibility index (Phi) is 2.41. The molecule has 3 aromatic carbocycles. The standard InChI is InChI=1S/C16H13NO/c17-16-14-4-2-1-3-11(14)7-10-15(16)12-5-8-13(18)9-6-12/h1-10,18H,17H2. The molecule has 0 atom stereocenters. The van der Waals surface area contributed by atoms with Crippen molar-refractivity contribution in [2.45, 2.75) is 0 Å². The second-order valence-corrected chi connectivity index (χ2v) is 4.29. The largest absolute Gasteiger partial charge is 0.508 e. The average molecular weight is 235 g/mol. The number of benzene rings is 3. The fourth-order valence-electron chi connectivity index (χ4n) is 2.19. The van der Waals surface area contributed by atoms with Crippen molar-refractivity contribution in [2.24, 2.45) is 0 Å². The molecule has 0 aromatic heterocycles. The van der Waals surface area contributed by atoms with Crippen LogP contribution in [0.1, 0.15) is 0 Å². The van der Waals surface area contributed by atoms with Gasteiger partial charge in [0.05, 0.1) is 0 Å². The summed E-state index contributed by atoms with van der Waals surface area (Å²) < 4.78 is 0. The van der Waals surface area contributed by atoms with Crippen LogP contribution in [0.4, 0.5) is 5.69 Å². The zero-order chi connectivity index (χ0) is 12.5. The van der Waals surface area contributed by atoms with E-state index in [2.05, 4.69) is 6.07 Å². The van der Waals surface area contributed by atoms with Crippen LogP contribution in [0.3, 0.4) is 0 Å². The third-order valence-electron chi connectivity index (χ3n) is 3.15. The summed E-state index contributed by atoms with van der Waals surface area (Å²) in [6.07, 6.45) is 0. The van der Waals surface area contributed by atoms with E-state index in [0.29, 0.717) is 0 Å². The topological polar surface area (TPSA) is 46.2 Å². The molecule has 88 valence electrons. The minimum Gasteiger partial charge on any atom is -0.508 e. The van der Waals surface area contributed by atoms with Gasteiger partial charge in [-0.2, -0.15) is 0 Å². The number of aromatic hydroxyl groups is 1. The van der Waals surface area contributed by atoms with E-state index in [4.69, 9.17) is 5.73 Å². The van der Waals surface area contributed by atoms with Gasteiger partial charge in [0.1, 0.15) is 5.75 Å². The van der Waals surface area contributed by atoms with E-state index in [9.17, 15) is 5.11 Å². The molecule has 0 spiro atoms. The van der Waals surface area contributed by atoms with Crippen LogP contribution in [-0.2, 0) is 0 Å². The molecule has 18 heavy (non-hydrogen) atoms. The van der Waals surface area contributed by atoms with Gasteiger partial charge in [-0.3, -0.25) is 0 Å². The average Bonchev–Trinajstić information content (AvgIpc) is 2.41. The summed E-state index contributed by atoms with van der Waals surface area (Å²) in [5.74, 6) is 0.262. The molecule has 0 radical (unpaired) electrons. The molecular formula is C16H13NO. The second-order valence-electron chi connectivity index (χ2n) is 4.29. The van der Waals surface area contributed by atoms with Crippen molar-refractivity contribution in [3.63, 3.8) is 0 Å². The summed E-state index contributed by atoms with van der Waals surface area (Å²) in [7, 11) is 0. The third kappa shape index (κ3) is 1.68. The summed E-state index contributed by atoms with van der Waals surface area (Å²) in [6.45, 7) is 0. The number of nitrogen functional groups attached to an aromatic ring is 1. The number of hydrogen-bond donors (Lipinski definition) is 2. The molecule has 0 fully saturated rings. The van der Waals surface area contributed by atoms with Gasteiger partial charge in [0.25, 0.3) is 0 Å². The first-order valence-electron chi connectivity index (χ1n) is 5.82. The van der Waals surface area contributed by atoms with Gasteiger partial charge < -0.3 is 10.8 Å². The van der Waals surface area contributed by atoms with Crippen molar-refractivity contribution in [1.29, 1.82) is 0 Å². The first kappa shape index (κ1) is 10.7. The van der Waals surface area contributed by atoms with Gasteiger partial charge in [-0.25, -0.2) is 0 Å². The van der Waals surface area contributed by atoms with Crippen LogP contribution in [0, 0.1) is 0 Å². The first-order chi connectivity index (χ1) is 8.75. The normalized spacial score (nSPS) is 10.7. The fraction of sp³-hybridized carbons (Fsp3) is 0. The third-order valence-corrected chi connectivity index (χ3v) is 3.15. The highest BCUT2D eigenvalue weighted by Crippen LogP contribution is 2.32. The van der Waals surface area contributed by atoms with Gasteiger partial charge in [0.15, 0.2) is 0 Å². The smallest absolute Gasteiger partial charge is 0.115 e. The van der Waals surface area contributed by atoms with E-state index in [1.165, 1.54) is 0 Å². The highest BCUT2D eigenvalue weighted by molar-refractivity contribution is 6.00. The Morgan fingerprint density at radius 1 is 0.778 bits per heavy atom. The van der Waals surface area contributed by atoms with Gasteiger partial charge in [0, 0.05) is 16.6 Å². The van der Waals surface area contributed by atoms with Gasteiger partial charge in [-0.15, -0.1) is 0 Å². The van der Waals surface area contributed by atoms with E-state index in [-0.39, 0.29) is 5.75 Å². The Morgan fingerprint density at radius 2 is 1.50 bits per heavy atom. The summed E-state index contributed by atoms with van der Waals surface area (Å²) >= 11 is 0. The van der Waals surface area contributed by atoms with E-state index in [1.54, 1.807) is 12.1 Å². The summed E-state index contributed by atoms with van der Waals surface area (Å²) in [6, 6.07) is 19.2. The molecule has 2 heteroatoms. The molecule has 0 aliphatic rings. The summed E-state index contributed by atoms with van der Waals surface area (Å²) in [5, 5.41) is 11.5. The van der Waals surface area contributed by atoms with Crippen molar-refractivity contribution < 1.29 is 5.11 Å². The second kappa shape index (κ2) is 4.08. The molecule has 0 aliphatic heterocycles. The Bertz CT molecular complexity index is 702. The zero-order valence-electron chi connectivity index (χ0n) is 9.80. The number of hydrogen-bond acceptors (Lipinski definition) is 2.